The summed E-state index contributed by atoms with van der Waals surface area (Å²) in [7, 11) is 0. The average Bonchev–Trinajstić information content (AvgIpc) is 2.72. The third kappa shape index (κ3) is 6.50. The molecule has 140 valence electrons. The highest BCUT2D eigenvalue weighted by Gasteiger charge is 2.15. The van der Waals surface area contributed by atoms with Gasteiger partial charge in [0.15, 0.2) is 5.78 Å². The molecule has 0 bridgehead atoms. The number of phenolic OH excluding ortho intramolecular Hbond substituents is 1. The van der Waals surface area contributed by atoms with Crippen molar-refractivity contribution >= 4 is 5.78 Å². The molecule has 0 heterocycles. The number of aryl methyl sites for hydroxylation is 1. The van der Waals surface area contributed by atoms with Crippen LogP contribution >= 0.6 is 0 Å². The summed E-state index contributed by atoms with van der Waals surface area (Å²) in [6.07, 6.45) is -2.39. The highest BCUT2D eigenvalue weighted by Crippen LogP contribution is 2.25. The van der Waals surface area contributed by atoms with Gasteiger partial charge in [0.05, 0.1) is 9.68 Å². The SMILES string of the molecule is [2H]C([2H])(NCCC)C([2H])(O)C([2H])([2H])Oc1ccc(O)cc1C(=O)CCc1ccccc1. The molecule has 0 aliphatic carbocycles. The lowest BCUT2D eigenvalue weighted by Crippen LogP contribution is -2.32. The molecule has 26 heavy (non-hydrogen) atoms. The summed E-state index contributed by atoms with van der Waals surface area (Å²) in [6, 6.07) is 12.7. The van der Waals surface area contributed by atoms with Crippen LogP contribution in [0.2, 0.25) is 0 Å². The van der Waals surface area contributed by atoms with Crippen LogP contribution < -0.4 is 10.1 Å². The maximum Gasteiger partial charge on any atom is 0.167 e. The number of phenols is 1. The molecule has 0 saturated heterocycles. The fourth-order valence-electron chi connectivity index (χ4n) is 2.26. The highest BCUT2D eigenvalue weighted by atomic mass is 16.5. The van der Waals surface area contributed by atoms with Gasteiger partial charge in [0.2, 0.25) is 0 Å². The predicted octanol–water partition coefficient (Wildman–Crippen LogP) is 2.95. The highest BCUT2D eigenvalue weighted by molar-refractivity contribution is 5.99. The van der Waals surface area contributed by atoms with Crippen molar-refractivity contribution in [2.75, 3.05) is 19.6 Å². The number of carbonyl (C=O) groups is 1. The van der Waals surface area contributed by atoms with Crippen LogP contribution in [0, 0.1) is 0 Å². The van der Waals surface area contributed by atoms with Crippen molar-refractivity contribution in [1.29, 1.82) is 0 Å². The minimum atomic E-state index is -3.35. The number of aromatic hydroxyl groups is 1. The number of nitrogens with one attached hydrogen (secondary N) is 1. The molecule has 0 spiro atoms. The molecule has 1 unspecified atom stereocenters. The molecule has 0 aliphatic rings. The Hall–Kier alpha value is -2.37. The summed E-state index contributed by atoms with van der Waals surface area (Å²) in [5.41, 5.74) is 0.794. The monoisotopic (exact) mass is 362 g/mol. The van der Waals surface area contributed by atoms with Gasteiger partial charge in [-0.05, 0) is 43.1 Å². The van der Waals surface area contributed by atoms with E-state index in [2.05, 4.69) is 5.32 Å². The molecular weight excluding hydrogens is 330 g/mol. The standard InChI is InChI=1S/C21H27NO4/c1-2-12-22-14-18(24)15-26-21-11-9-17(23)13-19(21)20(25)10-8-16-6-4-3-5-7-16/h3-7,9,11,13,18,22-24H,2,8,10,12,14-15H2,1H3/i14D2,15D2,18D. The maximum absolute atomic E-state index is 12.8. The van der Waals surface area contributed by atoms with Crippen LogP contribution in [0.3, 0.4) is 0 Å². The van der Waals surface area contributed by atoms with Crippen molar-refractivity contribution in [2.24, 2.45) is 0 Å². The Morgan fingerprint density at radius 2 is 2.08 bits per heavy atom. The molecule has 1 atom stereocenters. The zero-order valence-electron chi connectivity index (χ0n) is 19.7. The number of aliphatic hydroxyl groups is 1. The number of hydrogen-bond acceptors (Lipinski definition) is 5. The maximum atomic E-state index is 12.8. The van der Waals surface area contributed by atoms with Crippen LogP contribution in [0.1, 0.15) is 42.5 Å². The Morgan fingerprint density at radius 1 is 1.31 bits per heavy atom. The normalized spacial score (nSPS) is 17.1. The fourth-order valence-corrected chi connectivity index (χ4v) is 2.26. The lowest BCUT2D eigenvalue weighted by molar-refractivity contribution is 0.0950. The van der Waals surface area contributed by atoms with Crippen LogP contribution in [-0.2, 0) is 6.42 Å². The van der Waals surface area contributed by atoms with E-state index in [9.17, 15) is 15.0 Å². The third-order valence-corrected chi connectivity index (χ3v) is 3.59. The molecule has 2 aromatic rings. The van der Waals surface area contributed by atoms with Crippen molar-refractivity contribution in [2.45, 2.75) is 32.3 Å². The summed E-state index contributed by atoms with van der Waals surface area (Å²) >= 11 is 0. The van der Waals surface area contributed by atoms with Gasteiger partial charge in [-0.2, -0.15) is 0 Å². The van der Waals surface area contributed by atoms with Gasteiger partial charge in [0.25, 0.3) is 0 Å². The Balaban J connectivity index is 2.27. The second-order valence-corrected chi connectivity index (χ2v) is 5.69. The van der Waals surface area contributed by atoms with E-state index >= 15 is 0 Å². The molecule has 5 heteroatoms. The average molecular weight is 362 g/mol. The number of ether oxygens (including phenoxy) is 1. The molecule has 2 rings (SSSR count). The van der Waals surface area contributed by atoms with Gasteiger partial charge >= 0.3 is 0 Å². The van der Waals surface area contributed by atoms with Gasteiger partial charge in [0.1, 0.15) is 24.1 Å². The number of ketones is 1. The lowest BCUT2D eigenvalue weighted by Gasteiger charge is -2.15. The Bertz CT molecular complexity index is 891. The molecule has 0 radical (unpaired) electrons. The minimum absolute atomic E-state index is 0.0524. The molecule has 2 aromatic carbocycles. The van der Waals surface area contributed by atoms with Gasteiger partial charge in [-0.15, -0.1) is 0 Å². The molecule has 0 saturated carbocycles. The van der Waals surface area contributed by atoms with Crippen LogP contribution in [-0.4, -0.2) is 41.7 Å². The molecule has 0 amide bonds. The van der Waals surface area contributed by atoms with Crippen molar-refractivity contribution in [3.05, 3.63) is 59.7 Å². The largest absolute Gasteiger partial charge is 0.508 e. The first kappa shape index (κ1) is 13.8. The smallest absolute Gasteiger partial charge is 0.167 e. The molecular formula is C21H27NO4. The Morgan fingerprint density at radius 3 is 2.81 bits per heavy atom. The van der Waals surface area contributed by atoms with E-state index in [1.807, 2.05) is 30.3 Å². The Kier molecular flexibility index (Phi) is 5.61. The minimum Gasteiger partial charge on any atom is -0.508 e. The first-order valence-electron chi connectivity index (χ1n) is 11.0. The van der Waals surface area contributed by atoms with Crippen LogP contribution in [0.4, 0.5) is 0 Å². The van der Waals surface area contributed by atoms with Gasteiger partial charge in [0, 0.05) is 15.7 Å². The van der Waals surface area contributed by atoms with Crippen molar-refractivity contribution in [3.8, 4) is 11.5 Å². The number of carbonyl (C=O) groups excluding carboxylic acids is 1. The quantitative estimate of drug-likeness (QED) is 0.536. The topological polar surface area (TPSA) is 78.8 Å². The van der Waals surface area contributed by atoms with E-state index in [-0.39, 0.29) is 30.0 Å². The van der Waals surface area contributed by atoms with Gasteiger partial charge in [-0.1, -0.05) is 37.3 Å². The summed E-state index contributed by atoms with van der Waals surface area (Å²) in [4.78, 5) is 12.8. The summed E-state index contributed by atoms with van der Waals surface area (Å²) in [5.74, 6) is -0.985. The van der Waals surface area contributed by atoms with Crippen LogP contribution in [0.25, 0.3) is 0 Å². The van der Waals surface area contributed by atoms with E-state index in [1.54, 1.807) is 6.92 Å². The van der Waals surface area contributed by atoms with E-state index < -0.39 is 24.9 Å². The summed E-state index contributed by atoms with van der Waals surface area (Å²) in [5, 5.41) is 22.5. The second-order valence-electron chi connectivity index (χ2n) is 5.69. The number of Topliss-reactive ketones (excluding diaryl/α,β-unsaturated/α-hetero) is 1. The summed E-state index contributed by atoms with van der Waals surface area (Å²) < 4.78 is 45.0. The number of benzene rings is 2. The first-order valence-corrected chi connectivity index (χ1v) is 8.48. The molecule has 0 aliphatic heterocycles. The van der Waals surface area contributed by atoms with Gasteiger partial charge in [-0.25, -0.2) is 0 Å². The molecule has 3 N–H and O–H groups in total. The van der Waals surface area contributed by atoms with E-state index in [0.29, 0.717) is 12.8 Å². The van der Waals surface area contributed by atoms with E-state index in [4.69, 9.17) is 11.6 Å². The zero-order chi connectivity index (χ0) is 23.3. The number of rotatable bonds is 11. The molecule has 0 fully saturated rings. The lowest BCUT2D eigenvalue weighted by atomic mass is 10.0. The van der Waals surface area contributed by atoms with Crippen molar-refractivity contribution in [1.82, 2.24) is 5.32 Å². The summed E-state index contributed by atoms with van der Waals surface area (Å²) in [6.45, 7) is -4.22. The van der Waals surface area contributed by atoms with Gasteiger partial charge < -0.3 is 20.3 Å². The first-order chi connectivity index (χ1) is 14.4. The van der Waals surface area contributed by atoms with Crippen LogP contribution in [0.15, 0.2) is 48.5 Å². The fraction of sp³-hybridized carbons (Fsp3) is 0.381. The zero-order valence-corrected chi connectivity index (χ0v) is 14.7. The van der Waals surface area contributed by atoms with Gasteiger partial charge in [-0.3, -0.25) is 4.79 Å². The third-order valence-electron chi connectivity index (χ3n) is 3.59. The van der Waals surface area contributed by atoms with Crippen molar-refractivity contribution < 1.29 is 26.6 Å². The second kappa shape index (κ2) is 10.6. The number of hydrogen-bond donors (Lipinski definition) is 3. The molecule has 0 aromatic heterocycles. The predicted molar refractivity (Wildman–Crippen MR) is 102 cm³/mol. The molecule has 5 nitrogen and oxygen atoms in total. The Labute approximate surface area is 161 Å². The van der Waals surface area contributed by atoms with Crippen LogP contribution in [0.5, 0.6) is 11.5 Å². The van der Waals surface area contributed by atoms with E-state index in [0.717, 1.165) is 17.7 Å². The van der Waals surface area contributed by atoms with Crippen molar-refractivity contribution in [3.63, 3.8) is 0 Å². The van der Waals surface area contributed by atoms with E-state index in [1.165, 1.54) is 6.07 Å².